The minimum atomic E-state index is -2.07. The topological polar surface area (TPSA) is 58.6 Å². The van der Waals surface area contributed by atoms with E-state index in [9.17, 15) is 0 Å². The zero-order valence-electron chi connectivity index (χ0n) is 24.0. The average Bonchev–Trinajstić information content (AvgIpc) is 3.51. The number of methoxy groups -OCH3 is 1. The molecule has 39 heavy (non-hydrogen) atoms. The van der Waals surface area contributed by atoms with Gasteiger partial charge in [0.2, 0.25) is 0 Å². The molecule has 0 saturated carbocycles. The van der Waals surface area contributed by atoms with E-state index in [0.29, 0.717) is 13.2 Å². The first kappa shape index (κ1) is 27.4. The summed E-state index contributed by atoms with van der Waals surface area (Å²) in [6, 6.07) is 20.8. The molecule has 0 N–H and O–H groups in total. The van der Waals surface area contributed by atoms with Gasteiger partial charge in [-0.1, -0.05) is 60.6 Å². The number of hydrogen-bond acceptors (Lipinski definition) is 7. The lowest BCUT2D eigenvalue weighted by Gasteiger charge is -2.33. The highest BCUT2D eigenvalue weighted by Gasteiger charge is 2.56. The van der Waals surface area contributed by atoms with Crippen LogP contribution in [0.2, 0.25) is 12.1 Å². The summed E-state index contributed by atoms with van der Waals surface area (Å²) in [6.45, 7) is 13.3. The van der Waals surface area contributed by atoms with Crippen LogP contribution in [0.5, 0.6) is 0 Å². The Hall–Kier alpha value is -1.78. The number of morpholine rings is 1. The molecule has 7 nitrogen and oxygen atoms in total. The molecule has 6 rings (SSSR count). The van der Waals surface area contributed by atoms with E-state index in [1.807, 2.05) is 13.8 Å². The fraction of sp³-hybridized carbons (Fsp3) is 0.613. The Bertz CT molecular complexity index is 1150. The molecule has 0 spiro atoms. The van der Waals surface area contributed by atoms with Gasteiger partial charge in [-0.2, -0.15) is 0 Å². The van der Waals surface area contributed by atoms with E-state index < -0.39 is 20.2 Å². The van der Waals surface area contributed by atoms with Crippen LogP contribution in [0.4, 0.5) is 5.69 Å². The van der Waals surface area contributed by atoms with Crippen molar-refractivity contribution in [2.45, 2.75) is 75.6 Å². The van der Waals surface area contributed by atoms with Crippen LogP contribution in [-0.4, -0.2) is 85.1 Å². The summed E-state index contributed by atoms with van der Waals surface area (Å²) in [5.74, 6) is -0.641. The Kier molecular flexibility index (Phi) is 7.42. The normalized spacial score (nSPS) is 32.8. The van der Waals surface area contributed by atoms with Crippen molar-refractivity contribution in [1.82, 2.24) is 0 Å². The Morgan fingerprint density at radius 1 is 0.949 bits per heavy atom. The van der Waals surface area contributed by atoms with Crippen molar-refractivity contribution in [3.63, 3.8) is 0 Å². The molecule has 4 heterocycles. The van der Waals surface area contributed by atoms with Gasteiger partial charge in [0.15, 0.2) is 12.1 Å². The summed E-state index contributed by atoms with van der Waals surface area (Å²) in [6.07, 6.45) is -1.06. The van der Waals surface area contributed by atoms with Crippen molar-refractivity contribution in [2.24, 2.45) is 0 Å². The minimum Gasteiger partial charge on any atom is -0.379 e. The van der Waals surface area contributed by atoms with Crippen LogP contribution in [0.15, 0.2) is 48.5 Å². The molecule has 0 amide bonds. The second-order valence-corrected chi connectivity index (χ2v) is 16.6. The predicted molar refractivity (Wildman–Crippen MR) is 154 cm³/mol. The van der Waals surface area contributed by atoms with Crippen molar-refractivity contribution in [2.75, 3.05) is 51.5 Å². The van der Waals surface area contributed by atoms with Gasteiger partial charge in [0, 0.05) is 32.5 Å². The Morgan fingerprint density at radius 2 is 1.67 bits per heavy atom. The molecule has 0 bridgehead atoms. The van der Waals surface area contributed by atoms with Crippen molar-refractivity contribution < 1.29 is 28.4 Å². The lowest BCUT2D eigenvalue weighted by atomic mass is 9.87. The van der Waals surface area contributed by atoms with E-state index in [-0.39, 0.29) is 23.7 Å². The minimum absolute atomic E-state index is 0.139. The number of nitrogens with zero attached hydrogens (tertiary/aromatic N) is 1. The maximum absolute atomic E-state index is 6.39. The maximum Gasteiger partial charge on any atom is 0.186 e. The molecule has 2 aromatic rings. The van der Waals surface area contributed by atoms with Gasteiger partial charge in [0.05, 0.1) is 19.8 Å². The van der Waals surface area contributed by atoms with Crippen LogP contribution >= 0.6 is 0 Å². The highest BCUT2D eigenvalue weighted by molar-refractivity contribution is 7.03. The largest absolute Gasteiger partial charge is 0.379 e. The van der Waals surface area contributed by atoms with Gasteiger partial charge in [-0.15, -0.1) is 0 Å². The third-order valence-electron chi connectivity index (χ3n) is 9.01. The molecule has 212 valence electrons. The summed E-state index contributed by atoms with van der Waals surface area (Å²) in [4.78, 5) is 2.43. The Balaban J connectivity index is 1.20. The van der Waals surface area contributed by atoms with Gasteiger partial charge in [-0.25, -0.2) is 0 Å². The quantitative estimate of drug-likeness (QED) is 0.367. The van der Waals surface area contributed by atoms with Gasteiger partial charge in [0.1, 0.15) is 26.4 Å². The van der Waals surface area contributed by atoms with Crippen molar-refractivity contribution >= 4 is 24.1 Å². The molecule has 0 aromatic heterocycles. The van der Waals surface area contributed by atoms with E-state index in [4.69, 9.17) is 28.4 Å². The molecule has 5 atom stereocenters. The van der Waals surface area contributed by atoms with E-state index in [1.54, 1.807) is 12.3 Å². The second kappa shape index (κ2) is 10.6. The van der Waals surface area contributed by atoms with Gasteiger partial charge in [0.25, 0.3) is 0 Å². The van der Waals surface area contributed by atoms with E-state index in [1.165, 1.54) is 22.5 Å². The highest BCUT2D eigenvalue weighted by Crippen LogP contribution is 2.42. The lowest BCUT2D eigenvalue weighted by molar-refractivity contribution is -0.231. The summed E-state index contributed by atoms with van der Waals surface area (Å²) in [5.41, 5.74) is 2.92. The Labute approximate surface area is 233 Å². The fourth-order valence-corrected chi connectivity index (χ4v) is 13.1. The smallest absolute Gasteiger partial charge is 0.186 e. The summed E-state index contributed by atoms with van der Waals surface area (Å²) >= 11 is 0. The van der Waals surface area contributed by atoms with Gasteiger partial charge in [-0.3, -0.25) is 0 Å². The predicted octanol–water partition coefficient (Wildman–Crippen LogP) is 3.29. The van der Waals surface area contributed by atoms with Crippen molar-refractivity contribution in [3.8, 4) is 0 Å². The molecule has 0 aliphatic carbocycles. The molecule has 2 aromatic carbocycles. The third-order valence-corrected chi connectivity index (χ3v) is 14.5. The van der Waals surface area contributed by atoms with Crippen LogP contribution in [0, 0.1) is 0 Å². The third kappa shape index (κ3) is 5.10. The van der Waals surface area contributed by atoms with Crippen LogP contribution in [0.25, 0.3) is 0 Å². The number of benzene rings is 2. The molecule has 3 saturated heterocycles. The van der Waals surface area contributed by atoms with E-state index >= 15 is 0 Å². The summed E-state index contributed by atoms with van der Waals surface area (Å²) in [7, 11) is -0.422. The van der Waals surface area contributed by atoms with Crippen LogP contribution in [0.1, 0.15) is 33.3 Å². The van der Waals surface area contributed by atoms with Crippen LogP contribution in [-0.2, 0) is 33.8 Å². The lowest BCUT2D eigenvalue weighted by Crippen LogP contribution is -2.57. The summed E-state index contributed by atoms with van der Waals surface area (Å²) in [5, 5.41) is 3.05. The monoisotopic (exact) mass is 553 g/mol. The standard InChI is InChI=1S/C31H43NO6Si/c1-30(2)21-39(26-9-7-6-8-24(26)30,23-12-10-22(11-13-23)32-14-16-34-17-15-32)19-18-35-20-25-27-28(29(33-5)36-25)38-31(3,4)37-27/h6-13,25,27-29H,14-21H2,1-5H3/t25-,27-,28-,29-,39+/m1/s1. The number of anilines is 1. The number of hydrogen-bond donors (Lipinski definition) is 0. The van der Waals surface area contributed by atoms with Gasteiger partial charge < -0.3 is 33.3 Å². The molecule has 4 aliphatic heterocycles. The molecule has 0 unspecified atom stereocenters. The van der Waals surface area contributed by atoms with Gasteiger partial charge >= 0.3 is 0 Å². The number of fused-ring (bicyclic) bond motifs is 2. The SMILES string of the molecule is CO[C@@H]1O[C@H](COCC[Si@@]2(c3ccc(N4CCOCC4)cc3)CC(C)(C)c3ccccc32)[C@H]2OC(C)(C)O[C@@H]12. The van der Waals surface area contributed by atoms with Crippen molar-refractivity contribution in [3.05, 3.63) is 54.1 Å². The highest BCUT2D eigenvalue weighted by atomic mass is 28.3. The molecular weight excluding hydrogens is 510 g/mol. The second-order valence-electron chi connectivity index (χ2n) is 12.5. The van der Waals surface area contributed by atoms with E-state index in [0.717, 1.165) is 32.3 Å². The average molecular weight is 554 g/mol. The Morgan fingerprint density at radius 3 is 2.41 bits per heavy atom. The maximum atomic E-state index is 6.39. The zero-order chi connectivity index (χ0) is 27.3. The molecule has 8 heteroatoms. The van der Waals surface area contributed by atoms with E-state index in [2.05, 4.69) is 67.3 Å². The van der Waals surface area contributed by atoms with Crippen LogP contribution in [0.3, 0.4) is 0 Å². The summed E-state index contributed by atoms with van der Waals surface area (Å²) < 4.78 is 35.8. The number of rotatable bonds is 8. The first-order chi connectivity index (χ1) is 18.7. The number of ether oxygens (including phenoxy) is 6. The molecule has 3 fully saturated rings. The van der Waals surface area contributed by atoms with Crippen molar-refractivity contribution in [1.29, 1.82) is 0 Å². The molecule has 0 radical (unpaired) electrons. The first-order valence-corrected chi connectivity index (χ1v) is 16.8. The zero-order valence-corrected chi connectivity index (χ0v) is 25.0. The van der Waals surface area contributed by atoms with Crippen LogP contribution < -0.4 is 15.3 Å². The molecular formula is C31H43NO6Si. The first-order valence-electron chi connectivity index (χ1n) is 14.4. The molecule has 4 aliphatic rings. The van der Waals surface area contributed by atoms with Gasteiger partial charge in [-0.05, 0) is 49.0 Å². The fourth-order valence-electron chi connectivity index (χ4n) is 7.29.